The maximum atomic E-state index is 14.6. The lowest BCUT2D eigenvalue weighted by molar-refractivity contribution is 0.0516. The molecule has 0 aliphatic carbocycles. The van der Waals surface area contributed by atoms with Gasteiger partial charge in [-0.25, -0.2) is 13.6 Å². The molecule has 2 fully saturated rings. The molecule has 3 rings (SSSR count). The summed E-state index contributed by atoms with van der Waals surface area (Å²) in [4.78, 5) is 14.7. The van der Waals surface area contributed by atoms with E-state index in [1.54, 1.807) is 7.05 Å². The quantitative estimate of drug-likeness (QED) is 0.739. The van der Waals surface area contributed by atoms with Gasteiger partial charge in [0.25, 0.3) is 0 Å². The second-order valence-electron chi connectivity index (χ2n) is 6.55. The molecule has 1 aromatic carbocycles. The van der Waals surface area contributed by atoms with Gasteiger partial charge in [0.2, 0.25) is 0 Å². The van der Waals surface area contributed by atoms with Gasteiger partial charge in [-0.3, -0.25) is 4.90 Å². The molecule has 2 aliphatic heterocycles. The van der Waals surface area contributed by atoms with Gasteiger partial charge >= 0.3 is 6.09 Å². The molecule has 1 amide bonds. The van der Waals surface area contributed by atoms with Gasteiger partial charge in [0.15, 0.2) is 11.6 Å². The Balaban J connectivity index is 1.73. The van der Waals surface area contributed by atoms with Crippen molar-refractivity contribution in [3.63, 3.8) is 0 Å². The predicted octanol–water partition coefficient (Wildman–Crippen LogP) is 2.94. The summed E-state index contributed by atoms with van der Waals surface area (Å²) >= 11 is 0. The molecule has 0 radical (unpaired) electrons. The van der Waals surface area contributed by atoms with E-state index in [9.17, 15) is 13.6 Å². The third-order valence-corrected chi connectivity index (χ3v) is 4.58. The fourth-order valence-electron chi connectivity index (χ4n) is 3.33. The highest BCUT2D eigenvalue weighted by Gasteiger charge is 2.33. The molecule has 0 aromatic heterocycles. The maximum Gasteiger partial charge on any atom is 0.414 e. The largest absolute Gasteiger partial charge is 0.441 e. The minimum Gasteiger partial charge on any atom is -0.441 e. The predicted molar refractivity (Wildman–Crippen MR) is 92.7 cm³/mol. The van der Waals surface area contributed by atoms with Crippen LogP contribution in [0, 0.1) is 11.6 Å². The van der Waals surface area contributed by atoms with Crippen molar-refractivity contribution >= 4 is 17.5 Å². The van der Waals surface area contributed by atoms with Crippen LogP contribution in [-0.4, -0.2) is 58.3 Å². The molecule has 1 unspecified atom stereocenters. The van der Waals surface area contributed by atoms with Crippen LogP contribution in [0.15, 0.2) is 12.1 Å². The molecule has 8 heteroatoms. The van der Waals surface area contributed by atoms with Gasteiger partial charge < -0.3 is 19.1 Å². The van der Waals surface area contributed by atoms with Crippen molar-refractivity contribution in [3.8, 4) is 0 Å². The van der Waals surface area contributed by atoms with Crippen molar-refractivity contribution in [1.82, 2.24) is 0 Å². The summed E-state index contributed by atoms with van der Waals surface area (Å²) in [5.74, 6) is -1.44. The van der Waals surface area contributed by atoms with Crippen molar-refractivity contribution in [2.45, 2.75) is 32.0 Å². The molecule has 0 bridgehead atoms. The Hall–Kier alpha value is -1.93. The van der Waals surface area contributed by atoms with E-state index >= 15 is 0 Å². The van der Waals surface area contributed by atoms with E-state index in [-0.39, 0.29) is 30.6 Å². The number of hydrogen-bond acceptors (Lipinski definition) is 5. The zero-order valence-electron chi connectivity index (χ0n) is 15.0. The van der Waals surface area contributed by atoms with Crippen LogP contribution in [0.3, 0.4) is 0 Å². The van der Waals surface area contributed by atoms with Crippen LogP contribution in [0.2, 0.25) is 0 Å². The van der Waals surface area contributed by atoms with Crippen molar-refractivity contribution in [2.24, 2.45) is 0 Å². The summed E-state index contributed by atoms with van der Waals surface area (Å²) in [5.41, 5.74) is 0.0148. The highest BCUT2D eigenvalue weighted by molar-refractivity contribution is 5.90. The topological polar surface area (TPSA) is 51.2 Å². The number of nitrogens with zero attached hydrogens (tertiary/aromatic N) is 2. The summed E-state index contributed by atoms with van der Waals surface area (Å²) in [7, 11) is 1.63. The molecule has 144 valence electrons. The molecule has 2 heterocycles. The molecule has 2 aliphatic rings. The Morgan fingerprint density at radius 3 is 2.65 bits per heavy atom. The van der Waals surface area contributed by atoms with Gasteiger partial charge in [-0.15, -0.1) is 0 Å². The molecule has 1 aromatic rings. The summed E-state index contributed by atoms with van der Waals surface area (Å²) in [5, 5.41) is 0. The molecule has 26 heavy (non-hydrogen) atoms. The molecule has 2 saturated heterocycles. The Kier molecular flexibility index (Phi) is 5.93. The Bertz CT molecular complexity index is 629. The molecule has 0 saturated carbocycles. The van der Waals surface area contributed by atoms with Crippen molar-refractivity contribution in [1.29, 1.82) is 0 Å². The highest BCUT2D eigenvalue weighted by Crippen LogP contribution is 2.31. The van der Waals surface area contributed by atoms with Gasteiger partial charge in [0.05, 0.1) is 24.9 Å². The van der Waals surface area contributed by atoms with E-state index in [0.29, 0.717) is 19.8 Å². The first kappa shape index (κ1) is 18.8. The van der Waals surface area contributed by atoms with Crippen molar-refractivity contribution in [2.75, 3.05) is 49.8 Å². The van der Waals surface area contributed by atoms with Crippen LogP contribution in [0.4, 0.5) is 25.0 Å². The second-order valence-corrected chi connectivity index (χ2v) is 6.55. The van der Waals surface area contributed by atoms with Gasteiger partial charge in [-0.2, -0.15) is 0 Å². The number of anilines is 2. The third-order valence-electron chi connectivity index (χ3n) is 4.58. The van der Waals surface area contributed by atoms with Gasteiger partial charge in [-0.05, 0) is 19.8 Å². The second kappa shape index (κ2) is 8.18. The minimum atomic E-state index is -0.721. The van der Waals surface area contributed by atoms with Crippen LogP contribution in [0.5, 0.6) is 0 Å². The molecule has 2 atom stereocenters. The van der Waals surface area contributed by atoms with Crippen molar-refractivity contribution < 1.29 is 27.8 Å². The Labute approximate surface area is 151 Å². The Morgan fingerprint density at radius 2 is 2.04 bits per heavy atom. The first-order chi connectivity index (χ1) is 12.5. The monoisotopic (exact) mass is 370 g/mol. The first-order valence-electron chi connectivity index (χ1n) is 8.87. The first-order valence-corrected chi connectivity index (χ1v) is 8.87. The van der Waals surface area contributed by atoms with E-state index in [0.717, 1.165) is 25.0 Å². The molecule has 0 N–H and O–H groups in total. The molecular formula is C18H24F2N2O4. The lowest BCUT2D eigenvalue weighted by Crippen LogP contribution is -2.30. The fourth-order valence-corrected chi connectivity index (χ4v) is 3.33. The fraction of sp³-hybridized carbons (Fsp3) is 0.611. The minimum absolute atomic E-state index is 0.0219. The van der Waals surface area contributed by atoms with E-state index in [1.807, 2.05) is 6.92 Å². The van der Waals surface area contributed by atoms with E-state index < -0.39 is 23.8 Å². The SMILES string of the molecule is CCOC[C@H]1CN(c2cc(F)c(N(C)CC3CCCO3)c(F)c2)C(=O)O1. The number of carbonyl (C=O) groups excluding carboxylic acids is 1. The number of amides is 1. The number of hydrogen-bond donors (Lipinski definition) is 0. The molecule has 0 spiro atoms. The van der Waals surface area contributed by atoms with Gasteiger partial charge in [0, 0.05) is 38.9 Å². The zero-order valence-corrected chi connectivity index (χ0v) is 15.0. The summed E-state index contributed by atoms with van der Waals surface area (Å²) in [6.45, 7) is 3.89. The lowest BCUT2D eigenvalue weighted by atomic mass is 10.2. The third kappa shape index (κ3) is 4.07. The smallest absolute Gasteiger partial charge is 0.414 e. The number of benzene rings is 1. The highest BCUT2D eigenvalue weighted by atomic mass is 19.1. The van der Waals surface area contributed by atoms with E-state index in [4.69, 9.17) is 14.2 Å². The molecular weight excluding hydrogens is 346 g/mol. The number of rotatable bonds is 7. The lowest BCUT2D eigenvalue weighted by Gasteiger charge is -2.24. The van der Waals surface area contributed by atoms with Crippen LogP contribution in [0.25, 0.3) is 0 Å². The summed E-state index contributed by atoms with van der Waals surface area (Å²) < 4.78 is 45.1. The van der Waals surface area contributed by atoms with E-state index in [1.165, 1.54) is 9.80 Å². The van der Waals surface area contributed by atoms with Crippen LogP contribution >= 0.6 is 0 Å². The maximum absolute atomic E-state index is 14.6. The number of cyclic esters (lactones) is 1. The van der Waals surface area contributed by atoms with Gasteiger partial charge in [-0.1, -0.05) is 0 Å². The standard InChI is InChI=1S/C18H24F2N2O4/c1-3-24-11-14-10-22(18(23)26-14)12-7-15(19)17(16(20)8-12)21(2)9-13-5-4-6-25-13/h7-8,13-14H,3-6,9-11H2,1-2H3/t13?,14-/m1/s1. The zero-order chi connectivity index (χ0) is 18.7. The average Bonchev–Trinajstić information content (AvgIpc) is 3.21. The molecule has 6 nitrogen and oxygen atoms in total. The Morgan fingerprint density at radius 1 is 1.31 bits per heavy atom. The number of halogens is 2. The normalized spacial score (nSPS) is 22.8. The summed E-state index contributed by atoms with van der Waals surface area (Å²) in [6.07, 6.45) is 0.741. The number of carbonyl (C=O) groups is 1. The summed E-state index contributed by atoms with van der Waals surface area (Å²) in [6, 6.07) is 2.32. The van der Waals surface area contributed by atoms with Gasteiger partial charge in [0.1, 0.15) is 11.8 Å². The number of likely N-dealkylation sites (N-methyl/N-ethyl adjacent to an activating group) is 1. The van der Waals surface area contributed by atoms with E-state index in [2.05, 4.69) is 0 Å². The van der Waals surface area contributed by atoms with Crippen LogP contribution in [0.1, 0.15) is 19.8 Å². The van der Waals surface area contributed by atoms with Crippen molar-refractivity contribution in [3.05, 3.63) is 23.8 Å². The number of ether oxygens (including phenoxy) is 3. The van der Waals surface area contributed by atoms with Crippen LogP contribution < -0.4 is 9.80 Å². The average molecular weight is 370 g/mol. The van der Waals surface area contributed by atoms with Crippen LogP contribution in [-0.2, 0) is 14.2 Å².